The lowest BCUT2D eigenvalue weighted by Crippen LogP contribution is -2.29. The highest BCUT2D eigenvalue weighted by Gasteiger charge is 2.17. The van der Waals surface area contributed by atoms with Gasteiger partial charge in [-0.25, -0.2) is 13.6 Å². The second kappa shape index (κ2) is 8.01. The highest BCUT2D eigenvalue weighted by Crippen LogP contribution is 2.17. The zero-order chi connectivity index (χ0) is 19.3. The number of nitrogens with zero attached hydrogens (tertiary/aromatic N) is 1. The third kappa shape index (κ3) is 4.97. The summed E-state index contributed by atoms with van der Waals surface area (Å²) >= 11 is 0. The van der Waals surface area contributed by atoms with Gasteiger partial charge in [-0.05, 0) is 31.2 Å². The van der Waals surface area contributed by atoms with E-state index >= 15 is 0 Å². The molecule has 0 aliphatic carbocycles. The molecule has 1 atom stereocenters. The smallest absolute Gasteiger partial charge is 0.433 e. The number of ether oxygens (including phenoxy) is 1. The monoisotopic (exact) mass is 366 g/mol. The molecule has 0 saturated carbocycles. The van der Waals surface area contributed by atoms with Crippen molar-refractivity contribution in [2.45, 2.75) is 13.0 Å². The third-order valence-corrected chi connectivity index (χ3v) is 3.03. The van der Waals surface area contributed by atoms with Gasteiger partial charge in [0, 0.05) is 17.8 Å². The van der Waals surface area contributed by atoms with Crippen LogP contribution in [0.25, 0.3) is 6.08 Å². The van der Waals surface area contributed by atoms with E-state index in [1.165, 1.54) is 13.0 Å². The number of carbonyl (C=O) groups is 2. The van der Waals surface area contributed by atoms with Crippen molar-refractivity contribution in [3.63, 3.8) is 0 Å². The number of halogens is 2. The summed E-state index contributed by atoms with van der Waals surface area (Å²) in [7, 11) is 0. The predicted octanol–water partition coefficient (Wildman–Crippen LogP) is 3.05. The van der Waals surface area contributed by atoms with E-state index in [9.17, 15) is 28.5 Å². The topological polar surface area (TPSA) is 112 Å². The van der Waals surface area contributed by atoms with Crippen LogP contribution in [0.4, 0.5) is 20.4 Å². The van der Waals surface area contributed by atoms with Crippen molar-refractivity contribution >= 4 is 29.5 Å². The molecule has 136 valence electrons. The number of nitrogens with one attached hydrogen (secondary N) is 1. The summed E-state index contributed by atoms with van der Waals surface area (Å²) in [6.07, 6.45) is 0.824. The van der Waals surface area contributed by atoms with E-state index in [-0.39, 0.29) is 11.4 Å². The molecule has 1 heterocycles. The lowest BCUT2D eigenvalue weighted by atomic mass is 10.2. The fourth-order valence-corrected chi connectivity index (χ4v) is 1.76. The summed E-state index contributed by atoms with van der Waals surface area (Å²) in [5.41, 5.74) is -0.00441. The molecule has 0 bridgehead atoms. The standard InChI is InChI=1S/C16H12F2N2O6/c1-9(16(22)19-10-2-5-12(17)13(18)8-10)25-15(21)7-4-11-3-6-14(26-11)20(23)24/h2-9H,1H3,(H,19,22)/b7-4+/t9-/m0/s1. The van der Waals surface area contributed by atoms with Crippen molar-refractivity contribution < 1.29 is 32.4 Å². The number of amides is 1. The van der Waals surface area contributed by atoms with Gasteiger partial charge in [-0.15, -0.1) is 0 Å². The van der Waals surface area contributed by atoms with E-state index in [2.05, 4.69) is 5.32 Å². The second-order valence-electron chi connectivity index (χ2n) is 4.96. The van der Waals surface area contributed by atoms with E-state index in [1.807, 2.05) is 0 Å². The summed E-state index contributed by atoms with van der Waals surface area (Å²) in [6, 6.07) is 5.16. The number of hydrogen-bond acceptors (Lipinski definition) is 6. The van der Waals surface area contributed by atoms with Gasteiger partial charge in [-0.2, -0.15) is 0 Å². The largest absolute Gasteiger partial charge is 0.449 e. The predicted molar refractivity (Wildman–Crippen MR) is 84.9 cm³/mol. The molecule has 10 heteroatoms. The first-order valence-electron chi connectivity index (χ1n) is 7.15. The van der Waals surface area contributed by atoms with Gasteiger partial charge < -0.3 is 14.5 Å². The molecule has 2 aromatic rings. The Morgan fingerprint density at radius 3 is 2.62 bits per heavy atom. The Morgan fingerprint density at radius 2 is 2.00 bits per heavy atom. The van der Waals surface area contributed by atoms with Crippen LogP contribution in [0, 0.1) is 21.7 Å². The lowest BCUT2D eigenvalue weighted by Gasteiger charge is -2.12. The molecule has 0 aliphatic heterocycles. The summed E-state index contributed by atoms with van der Waals surface area (Å²) in [5.74, 6) is -4.30. The van der Waals surface area contributed by atoms with Crippen LogP contribution in [-0.2, 0) is 14.3 Å². The second-order valence-corrected chi connectivity index (χ2v) is 4.96. The summed E-state index contributed by atoms with van der Waals surface area (Å²) < 4.78 is 35.6. The lowest BCUT2D eigenvalue weighted by molar-refractivity contribution is -0.402. The van der Waals surface area contributed by atoms with Crippen molar-refractivity contribution in [1.82, 2.24) is 0 Å². The van der Waals surface area contributed by atoms with Crippen LogP contribution in [0.2, 0.25) is 0 Å². The maximum absolute atomic E-state index is 13.1. The van der Waals surface area contributed by atoms with Gasteiger partial charge in [0.25, 0.3) is 5.91 Å². The molecule has 26 heavy (non-hydrogen) atoms. The van der Waals surface area contributed by atoms with Crippen molar-refractivity contribution in [1.29, 1.82) is 0 Å². The van der Waals surface area contributed by atoms with Crippen LogP contribution in [0.5, 0.6) is 0 Å². The number of esters is 1. The molecule has 0 saturated heterocycles. The molecular weight excluding hydrogens is 354 g/mol. The normalized spacial score (nSPS) is 12.0. The molecular formula is C16H12F2N2O6. The van der Waals surface area contributed by atoms with Crippen LogP contribution in [0.15, 0.2) is 40.8 Å². The SMILES string of the molecule is C[C@H](OC(=O)/C=C/c1ccc([N+](=O)[O-])o1)C(=O)Nc1ccc(F)c(F)c1. The van der Waals surface area contributed by atoms with Crippen molar-refractivity contribution in [3.05, 3.63) is 63.9 Å². The molecule has 0 fully saturated rings. The number of anilines is 1. The highest BCUT2D eigenvalue weighted by atomic mass is 19.2. The maximum Gasteiger partial charge on any atom is 0.433 e. The van der Waals surface area contributed by atoms with Gasteiger partial charge in [-0.1, -0.05) is 0 Å². The minimum absolute atomic E-state index is 0.00441. The summed E-state index contributed by atoms with van der Waals surface area (Å²) in [4.78, 5) is 33.3. The Morgan fingerprint density at radius 1 is 1.27 bits per heavy atom. The quantitative estimate of drug-likeness (QED) is 0.364. The van der Waals surface area contributed by atoms with Gasteiger partial charge >= 0.3 is 11.9 Å². The molecule has 0 unspecified atom stereocenters. The average Bonchev–Trinajstić information content (AvgIpc) is 3.05. The van der Waals surface area contributed by atoms with Gasteiger partial charge in [0.15, 0.2) is 17.7 Å². The van der Waals surface area contributed by atoms with Crippen LogP contribution in [-0.4, -0.2) is 22.9 Å². The third-order valence-electron chi connectivity index (χ3n) is 3.03. The molecule has 1 N–H and O–H groups in total. The van der Waals surface area contributed by atoms with E-state index in [0.29, 0.717) is 0 Å². The first kappa shape index (κ1) is 18.8. The van der Waals surface area contributed by atoms with Gasteiger partial charge in [0.1, 0.15) is 10.7 Å². The van der Waals surface area contributed by atoms with E-state index in [4.69, 9.17) is 9.15 Å². The number of carbonyl (C=O) groups excluding carboxylic acids is 2. The molecule has 1 aromatic carbocycles. The molecule has 1 aromatic heterocycles. The van der Waals surface area contributed by atoms with Gasteiger partial charge in [-0.3, -0.25) is 14.9 Å². The van der Waals surface area contributed by atoms with Crippen LogP contribution in [0.1, 0.15) is 12.7 Å². The Kier molecular flexibility index (Phi) is 5.78. The molecule has 0 spiro atoms. The van der Waals surface area contributed by atoms with Gasteiger partial charge in [0.05, 0.1) is 6.07 Å². The zero-order valence-corrected chi connectivity index (χ0v) is 13.3. The maximum atomic E-state index is 13.1. The minimum Gasteiger partial charge on any atom is -0.449 e. The number of rotatable bonds is 6. The molecule has 2 rings (SSSR count). The fraction of sp³-hybridized carbons (Fsp3) is 0.125. The number of hydrogen-bond donors (Lipinski definition) is 1. The van der Waals surface area contributed by atoms with E-state index in [1.54, 1.807) is 0 Å². The summed E-state index contributed by atoms with van der Waals surface area (Å²) in [5, 5.41) is 12.7. The van der Waals surface area contributed by atoms with Crippen LogP contribution >= 0.6 is 0 Å². The Bertz CT molecular complexity index is 877. The van der Waals surface area contributed by atoms with Crippen molar-refractivity contribution in [2.75, 3.05) is 5.32 Å². The van der Waals surface area contributed by atoms with Crippen LogP contribution in [0.3, 0.4) is 0 Å². The Balaban J connectivity index is 1.90. The minimum atomic E-state index is -1.23. The molecule has 8 nitrogen and oxygen atoms in total. The highest BCUT2D eigenvalue weighted by molar-refractivity contribution is 5.96. The van der Waals surface area contributed by atoms with Crippen molar-refractivity contribution in [3.8, 4) is 0 Å². The van der Waals surface area contributed by atoms with E-state index in [0.717, 1.165) is 36.4 Å². The van der Waals surface area contributed by atoms with E-state index < -0.39 is 40.4 Å². The summed E-state index contributed by atoms with van der Waals surface area (Å²) in [6.45, 7) is 1.28. The first-order valence-corrected chi connectivity index (χ1v) is 7.15. The first-order chi connectivity index (χ1) is 12.3. The fourth-order valence-electron chi connectivity index (χ4n) is 1.76. The van der Waals surface area contributed by atoms with Crippen LogP contribution < -0.4 is 5.32 Å². The number of furan rings is 1. The zero-order valence-electron chi connectivity index (χ0n) is 13.3. The molecule has 0 aliphatic rings. The Labute approximate surface area is 145 Å². The molecule has 1 amide bonds. The number of nitro groups is 1. The molecule has 0 radical (unpaired) electrons. The average molecular weight is 366 g/mol. The number of benzene rings is 1. The van der Waals surface area contributed by atoms with Gasteiger partial charge in [0.2, 0.25) is 0 Å². The Hall–Kier alpha value is -3.56. The van der Waals surface area contributed by atoms with Crippen molar-refractivity contribution in [2.24, 2.45) is 0 Å².